The van der Waals surface area contributed by atoms with E-state index in [1.165, 1.54) is 0 Å². The van der Waals surface area contributed by atoms with Gasteiger partial charge >= 0.3 is 11.9 Å². The van der Waals surface area contributed by atoms with Crippen LogP contribution in [-0.4, -0.2) is 58.4 Å². The Morgan fingerprint density at radius 3 is 1.89 bits per heavy atom. The van der Waals surface area contributed by atoms with Gasteiger partial charge < -0.3 is 30.4 Å². The topological polar surface area (TPSA) is 172 Å². The summed E-state index contributed by atoms with van der Waals surface area (Å²) < 4.78 is 0. The van der Waals surface area contributed by atoms with E-state index in [2.05, 4.69) is 9.97 Å². The normalized spacial score (nSPS) is 14.7. The predicted octanol–water partition coefficient (Wildman–Crippen LogP) is 6.11. The summed E-state index contributed by atoms with van der Waals surface area (Å²) >= 11 is 0. The molecule has 2 unspecified atom stereocenters. The SMILES string of the molecule is CC1=C(CCC(=O)O)c2cc3[nH]c(cc4[nH]c(cc5nc(cc1n2)C(C(C)O)=C5C)c(C(C)O)c4C)c(C)c3CCC(=O)O. The van der Waals surface area contributed by atoms with Crippen molar-refractivity contribution in [2.45, 2.75) is 79.4 Å². The molecule has 3 aromatic rings. The van der Waals surface area contributed by atoms with E-state index in [0.29, 0.717) is 45.8 Å². The van der Waals surface area contributed by atoms with Crippen molar-refractivity contribution < 1.29 is 30.0 Å². The van der Waals surface area contributed by atoms with Gasteiger partial charge in [-0.1, -0.05) is 0 Å². The third-order valence-electron chi connectivity index (χ3n) is 8.65. The smallest absolute Gasteiger partial charge is 0.303 e. The molecule has 3 aromatic heterocycles. The van der Waals surface area contributed by atoms with Gasteiger partial charge in [-0.3, -0.25) is 9.59 Å². The number of fused-ring (bicyclic) bond motifs is 8. The van der Waals surface area contributed by atoms with Crippen molar-refractivity contribution >= 4 is 56.3 Å². The van der Waals surface area contributed by atoms with Crippen LogP contribution >= 0.6 is 0 Å². The van der Waals surface area contributed by atoms with Gasteiger partial charge in [-0.05, 0) is 112 Å². The standard InChI is InChI=1S/C34H38N4O6/c1-15-21(7-9-31(41)42)27-14-28-22(8-10-32(43)44)16(2)24(36-28)12-29-34(20(6)40)18(4)26(38-29)13-30-33(19(5)39)17(3)25(37-30)11-23(15)35-27/h11-14,19-20,35,37,39-40H,7-10H2,1-6H3,(H,41,42)(H,43,44). The van der Waals surface area contributed by atoms with E-state index < -0.39 is 24.1 Å². The molecule has 2 aliphatic heterocycles. The minimum Gasteiger partial charge on any atom is -0.481 e. The van der Waals surface area contributed by atoms with Gasteiger partial charge in [0.1, 0.15) is 0 Å². The summed E-state index contributed by atoms with van der Waals surface area (Å²) in [7, 11) is 0. The van der Waals surface area contributed by atoms with Crippen LogP contribution in [-0.2, 0) is 16.0 Å². The van der Waals surface area contributed by atoms with Gasteiger partial charge in [0, 0.05) is 46.0 Å². The second-order valence-corrected chi connectivity index (χ2v) is 11.7. The molecule has 0 fully saturated rings. The number of aliphatic hydroxyl groups excluding tert-OH is 2. The number of allylic oxidation sites excluding steroid dienone is 3. The van der Waals surface area contributed by atoms with Crippen LogP contribution in [0, 0.1) is 13.8 Å². The molecule has 0 spiro atoms. The molecule has 0 aliphatic carbocycles. The number of aliphatic carboxylic acids is 2. The molecule has 2 atom stereocenters. The van der Waals surface area contributed by atoms with E-state index in [4.69, 9.17) is 9.97 Å². The van der Waals surface area contributed by atoms with Gasteiger partial charge in [0.25, 0.3) is 0 Å². The minimum absolute atomic E-state index is 0.0591. The van der Waals surface area contributed by atoms with Gasteiger partial charge in [0.2, 0.25) is 0 Å². The van der Waals surface area contributed by atoms with Crippen LogP contribution in [0.2, 0.25) is 0 Å². The molecule has 44 heavy (non-hydrogen) atoms. The first-order valence-electron chi connectivity index (χ1n) is 14.7. The maximum absolute atomic E-state index is 11.6. The Morgan fingerprint density at radius 1 is 0.682 bits per heavy atom. The Bertz CT molecular complexity index is 1920. The van der Waals surface area contributed by atoms with E-state index >= 15 is 0 Å². The summed E-state index contributed by atoms with van der Waals surface area (Å²) in [5, 5.41) is 40.5. The Balaban J connectivity index is 1.96. The molecule has 10 nitrogen and oxygen atoms in total. The van der Waals surface area contributed by atoms with Crippen molar-refractivity contribution in [1.29, 1.82) is 0 Å². The molecule has 2 aliphatic rings. The lowest BCUT2D eigenvalue weighted by Crippen LogP contribution is -2.03. The summed E-state index contributed by atoms with van der Waals surface area (Å²) in [4.78, 5) is 39.8. The largest absolute Gasteiger partial charge is 0.481 e. The maximum atomic E-state index is 11.6. The molecule has 0 saturated carbocycles. The highest BCUT2D eigenvalue weighted by Gasteiger charge is 2.24. The molecule has 230 valence electrons. The molecule has 0 radical (unpaired) electrons. The number of hydrogen-bond acceptors (Lipinski definition) is 6. The van der Waals surface area contributed by atoms with Crippen LogP contribution in [0.4, 0.5) is 0 Å². The maximum Gasteiger partial charge on any atom is 0.303 e. The number of H-pyrrole nitrogens is 2. The molecule has 0 saturated heterocycles. The fourth-order valence-electron chi connectivity index (χ4n) is 6.31. The number of nitrogens with zero attached hydrogens (tertiary/aromatic N) is 2. The number of aromatic nitrogens is 4. The number of aliphatic hydroxyl groups is 2. The van der Waals surface area contributed by atoms with Crippen molar-refractivity contribution in [3.8, 4) is 0 Å². The van der Waals surface area contributed by atoms with Crippen LogP contribution in [0.5, 0.6) is 0 Å². The molecular weight excluding hydrogens is 560 g/mol. The summed E-state index contributed by atoms with van der Waals surface area (Å²) in [6, 6.07) is 7.51. The van der Waals surface area contributed by atoms with E-state index in [9.17, 15) is 30.0 Å². The fourth-order valence-corrected chi connectivity index (χ4v) is 6.31. The highest BCUT2D eigenvalue weighted by atomic mass is 16.4. The number of carboxylic acid groups (broad SMARTS) is 2. The molecule has 5 rings (SSSR count). The zero-order chi connectivity index (χ0) is 32.0. The number of hydrogen-bond donors (Lipinski definition) is 6. The third kappa shape index (κ3) is 5.70. The summed E-state index contributed by atoms with van der Waals surface area (Å²) in [5.74, 6) is -1.83. The van der Waals surface area contributed by atoms with Crippen molar-refractivity contribution in [3.63, 3.8) is 0 Å². The molecule has 6 N–H and O–H groups in total. The Hall–Kier alpha value is -4.54. The molecule has 8 bridgehead atoms. The lowest BCUT2D eigenvalue weighted by atomic mass is 9.98. The van der Waals surface area contributed by atoms with E-state index in [1.54, 1.807) is 13.8 Å². The number of nitrogens with one attached hydrogen (secondary N) is 2. The first-order valence-corrected chi connectivity index (χ1v) is 14.7. The predicted molar refractivity (Wildman–Crippen MR) is 171 cm³/mol. The van der Waals surface area contributed by atoms with Crippen LogP contribution in [0.1, 0.15) is 98.1 Å². The first kappa shape index (κ1) is 30.9. The molecule has 0 aromatic carbocycles. The summed E-state index contributed by atoms with van der Waals surface area (Å²) in [6.07, 6.45) is -1.16. The molecular formula is C34H38N4O6. The molecule has 0 amide bonds. The number of aryl methyl sites for hydroxylation is 3. The van der Waals surface area contributed by atoms with Crippen molar-refractivity contribution in [1.82, 2.24) is 19.9 Å². The Kier molecular flexibility index (Phi) is 8.33. The monoisotopic (exact) mass is 598 g/mol. The number of rotatable bonds is 8. The molecule has 10 heteroatoms. The number of carboxylic acids is 2. The quantitative estimate of drug-likeness (QED) is 0.180. The average molecular weight is 599 g/mol. The highest BCUT2D eigenvalue weighted by molar-refractivity contribution is 5.96. The van der Waals surface area contributed by atoms with Crippen molar-refractivity contribution in [2.75, 3.05) is 0 Å². The van der Waals surface area contributed by atoms with Gasteiger partial charge in [-0.25, -0.2) is 9.97 Å². The average Bonchev–Trinajstić information content (AvgIpc) is 3.59. The van der Waals surface area contributed by atoms with E-state index in [-0.39, 0.29) is 19.3 Å². The van der Waals surface area contributed by atoms with Crippen molar-refractivity contribution in [2.24, 2.45) is 0 Å². The van der Waals surface area contributed by atoms with Crippen LogP contribution < -0.4 is 0 Å². The lowest BCUT2D eigenvalue weighted by Gasteiger charge is -2.07. The second-order valence-electron chi connectivity index (χ2n) is 11.7. The summed E-state index contributed by atoms with van der Waals surface area (Å²) in [5.41, 5.74) is 11.7. The zero-order valence-electron chi connectivity index (χ0n) is 25.8. The summed E-state index contributed by atoms with van der Waals surface area (Å²) in [6.45, 7) is 11.1. The number of carbonyl (C=O) groups is 2. The van der Waals surface area contributed by atoms with Crippen molar-refractivity contribution in [3.05, 3.63) is 69.3 Å². The van der Waals surface area contributed by atoms with Crippen LogP contribution in [0.15, 0.2) is 24.3 Å². The minimum atomic E-state index is -0.919. The van der Waals surface area contributed by atoms with Gasteiger partial charge in [0.05, 0.1) is 35.0 Å². The Labute approximate surface area is 254 Å². The third-order valence-corrected chi connectivity index (χ3v) is 8.65. The fraction of sp³-hybridized carbons (Fsp3) is 0.353. The van der Waals surface area contributed by atoms with Gasteiger partial charge in [-0.15, -0.1) is 0 Å². The van der Waals surface area contributed by atoms with Gasteiger partial charge in [-0.2, -0.15) is 0 Å². The number of aromatic amines is 2. The van der Waals surface area contributed by atoms with Crippen LogP contribution in [0.25, 0.3) is 44.4 Å². The first-order chi connectivity index (χ1) is 20.8. The van der Waals surface area contributed by atoms with Crippen LogP contribution in [0.3, 0.4) is 0 Å². The highest BCUT2D eigenvalue weighted by Crippen LogP contribution is 2.38. The molecule has 5 heterocycles. The second kappa shape index (κ2) is 11.9. The van der Waals surface area contributed by atoms with E-state index in [0.717, 1.165) is 50.0 Å². The Morgan fingerprint density at radius 2 is 1.25 bits per heavy atom. The zero-order valence-corrected chi connectivity index (χ0v) is 25.8. The van der Waals surface area contributed by atoms with E-state index in [1.807, 2.05) is 52.0 Å². The van der Waals surface area contributed by atoms with Gasteiger partial charge in [0.15, 0.2) is 0 Å². The lowest BCUT2D eigenvalue weighted by molar-refractivity contribution is -0.137.